The van der Waals surface area contributed by atoms with Crippen molar-refractivity contribution in [3.05, 3.63) is 0 Å². The summed E-state index contributed by atoms with van der Waals surface area (Å²) < 4.78 is 0. The fraction of sp³-hybridized carbons (Fsp3) is 0.818. The lowest BCUT2D eigenvalue weighted by Crippen LogP contribution is -2.40. The van der Waals surface area contributed by atoms with E-state index in [0.29, 0.717) is 0 Å². The van der Waals surface area contributed by atoms with Gasteiger partial charge in [-0.1, -0.05) is 19.8 Å². The highest BCUT2D eigenvalue weighted by atomic mass is 16.4. The van der Waals surface area contributed by atoms with Crippen molar-refractivity contribution in [1.29, 1.82) is 0 Å². The molecule has 0 bridgehead atoms. The maximum Gasteiger partial charge on any atom is 0.315 e. The van der Waals surface area contributed by atoms with E-state index < -0.39 is 11.9 Å². The van der Waals surface area contributed by atoms with Crippen LogP contribution in [-0.2, 0) is 9.59 Å². The molecule has 0 heterocycles. The normalized spacial score (nSPS) is 19.3. The molecule has 0 spiro atoms. The van der Waals surface area contributed by atoms with Gasteiger partial charge >= 0.3 is 5.97 Å². The number of carboxylic acids is 1. The van der Waals surface area contributed by atoms with Gasteiger partial charge in [0.1, 0.15) is 5.92 Å². The van der Waals surface area contributed by atoms with E-state index in [-0.39, 0.29) is 11.9 Å². The predicted molar refractivity (Wildman–Crippen MR) is 56.4 cm³/mol. The number of carbonyl (C=O) groups excluding carboxylic acids is 1. The van der Waals surface area contributed by atoms with Gasteiger partial charge in [0, 0.05) is 6.04 Å². The van der Waals surface area contributed by atoms with Crippen molar-refractivity contribution in [1.82, 2.24) is 5.32 Å². The zero-order valence-corrected chi connectivity index (χ0v) is 9.32. The van der Waals surface area contributed by atoms with Crippen molar-refractivity contribution in [3.8, 4) is 0 Å². The van der Waals surface area contributed by atoms with Crippen molar-refractivity contribution >= 4 is 11.9 Å². The third-order valence-corrected chi connectivity index (χ3v) is 2.92. The van der Waals surface area contributed by atoms with Gasteiger partial charge in [-0.3, -0.25) is 9.59 Å². The molecule has 2 unspecified atom stereocenters. The maximum absolute atomic E-state index is 11.5. The van der Waals surface area contributed by atoms with E-state index in [0.717, 1.165) is 18.8 Å². The molecule has 0 radical (unpaired) electrons. The number of carboxylic acid groups (broad SMARTS) is 1. The molecule has 0 aromatic rings. The summed E-state index contributed by atoms with van der Waals surface area (Å²) in [6, 6.07) is 0.145. The molecule has 1 amide bonds. The Morgan fingerprint density at radius 1 is 1.47 bits per heavy atom. The maximum atomic E-state index is 11.5. The minimum absolute atomic E-state index is 0.145. The minimum atomic E-state index is -1.06. The summed E-state index contributed by atoms with van der Waals surface area (Å²) >= 11 is 0. The fourth-order valence-electron chi connectivity index (χ4n) is 1.52. The van der Waals surface area contributed by atoms with Gasteiger partial charge < -0.3 is 10.4 Å². The van der Waals surface area contributed by atoms with Crippen molar-refractivity contribution in [2.75, 3.05) is 0 Å². The van der Waals surface area contributed by atoms with E-state index in [2.05, 4.69) is 5.32 Å². The van der Waals surface area contributed by atoms with Crippen molar-refractivity contribution in [3.63, 3.8) is 0 Å². The van der Waals surface area contributed by atoms with Crippen LogP contribution in [0.2, 0.25) is 0 Å². The first-order valence-electron chi connectivity index (χ1n) is 5.57. The third-order valence-electron chi connectivity index (χ3n) is 2.92. The number of carbonyl (C=O) groups is 2. The second-order valence-electron chi connectivity index (χ2n) is 4.35. The van der Waals surface area contributed by atoms with Gasteiger partial charge in [-0.25, -0.2) is 0 Å². The standard InChI is InChI=1S/C11H19NO3/c1-3-9(6-8-4-5-8)12-10(13)7(2)11(14)15/h7-9H,3-6H2,1-2H3,(H,12,13)(H,14,15). The number of amides is 1. The molecule has 2 N–H and O–H groups in total. The molecule has 1 aliphatic carbocycles. The van der Waals surface area contributed by atoms with E-state index in [4.69, 9.17) is 5.11 Å². The van der Waals surface area contributed by atoms with Crippen LogP contribution >= 0.6 is 0 Å². The molecule has 1 fully saturated rings. The van der Waals surface area contributed by atoms with Gasteiger partial charge in [0.25, 0.3) is 0 Å². The molecule has 0 aromatic carbocycles. The molecule has 86 valence electrons. The quantitative estimate of drug-likeness (QED) is 0.655. The molecule has 0 saturated heterocycles. The Hall–Kier alpha value is -1.06. The summed E-state index contributed by atoms with van der Waals surface area (Å²) in [5.74, 6) is -1.63. The number of aliphatic carboxylic acids is 1. The molecular weight excluding hydrogens is 194 g/mol. The van der Waals surface area contributed by atoms with Crippen LogP contribution in [0.1, 0.15) is 39.5 Å². The van der Waals surface area contributed by atoms with Crippen LogP contribution in [-0.4, -0.2) is 23.0 Å². The first-order chi connectivity index (χ1) is 7.04. The predicted octanol–water partition coefficient (Wildman–Crippen LogP) is 1.40. The Bertz CT molecular complexity index is 248. The Morgan fingerprint density at radius 2 is 2.07 bits per heavy atom. The zero-order valence-electron chi connectivity index (χ0n) is 9.32. The van der Waals surface area contributed by atoms with Crippen LogP contribution < -0.4 is 5.32 Å². The smallest absolute Gasteiger partial charge is 0.315 e. The Balaban J connectivity index is 2.35. The molecule has 4 heteroatoms. The Kier molecular flexibility index (Phi) is 4.12. The highest BCUT2D eigenvalue weighted by molar-refractivity contribution is 5.96. The van der Waals surface area contributed by atoms with Crippen LogP contribution in [0.3, 0.4) is 0 Å². The van der Waals surface area contributed by atoms with Crippen molar-refractivity contribution in [2.45, 2.75) is 45.6 Å². The molecule has 4 nitrogen and oxygen atoms in total. The molecule has 2 atom stereocenters. The molecule has 15 heavy (non-hydrogen) atoms. The summed E-state index contributed by atoms with van der Waals surface area (Å²) in [6.07, 6.45) is 4.37. The van der Waals surface area contributed by atoms with E-state index in [1.807, 2.05) is 6.92 Å². The average molecular weight is 213 g/mol. The first-order valence-corrected chi connectivity index (χ1v) is 5.57. The molecule has 1 saturated carbocycles. The summed E-state index contributed by atoms with van der Waals surface area (Å²) in [7, 11) is 0. The summed E-state index contributed by atoms with van der Waals surface area (Å²) in [5, 5.41) is 11.5. The van der Waals surface area contributed by atoms with Crippen LogP contribution in [0.25, 0.3) is 0 Å². The third kappa shape index (κ3) is 3.90. The molecule has 0 aromatic heterocycles. The number of nitrogens with one attached hydrogen (secondary N) is 1. The summed E-state index contributed by atoms with van der Waals surface area (Å²) in [6.45, 7) is 3.43. The lowest BCUT2D eigenvalue weighted by Gasteiger charge is -2.18. The lowest BCUT2D eigenvalue weighted by molar-refractivity contribution is -0.146. The Labute approximate surface area is 90.0 Å². The van der Waals surface area contributed by atoms with Crippen molar-refractivity contribution < 1.29 is 14.7 Å². The first kappa shape index (κ1) is 12.0. The van der Waals surface area contributed by atoms with Gasteiger partial charge in [-0.05, 0) is 25.7 Å². The second kappa shape index (κ2) is 5.14. The molecular formula is C11H19NO3. The zero-order chi connectivity index (χ0) is 11.4. The van der Waals surface area contributed by atoms with E-state index in [1.165, 1.54) is 19.8 Å². The monoisotopic (exact) mass is 213 g/mol. The topological polar surface area (TPSA) is 66.4 Å². The van der Waals surface area contributed by atoms with Gasteiger partial charge in [-0.2, -0.15) is 0 Å². The van der Waals surface area contributed by atoms with Gasteiger partial charge in [0.05, 0.1) is 0 Å². The largest absolute Gasteiger partial charge is 0.481 e. The fourth-order valence-corrected chi connectivity index (χ4v) is 1.52. The van der Waals surface area contributed by atoms with Crippen LogP contribution in [0.15, 0.2) is 0 Å². The Morgan fingerprint density at radius 3 is 2.47 bits per heavy atom. The van der Waals surface area contributed by atoms with E-state index >= 15 is 0 Å². The van der Waals surface area contributed by atoms with Gasteiger partial charge in [0.2, 0.25) is 5.91 Å². The highest BCUT2D eigenvalue weighted by Crippen LogP contribution is 2.34. The van der Waals surface area contributed by atoms with E-state index in [9.17, 15) is 9.59 Å². The second-order valence-corrected chi connectivity index (χ2v) is 4.35. The van der Waals surface area contributed by atoms with Gasteiger partial charge in [-0.15, -0.1) is 0 Å². The highest BCUT2D eigenvalue weighted by Gasteiger charge is 2.27. The lowest BCUT2D eigenvalue weighted by atomic mass is 10.1. The minimum Gasteiger partial charge on any atom is -0.481 e. The summed E-state index contributed by atoms with van der Waals surface area (Å²) in [4.78, 5) is 22.0. The van der Waals surface area contributed by atoms with Crippen LogP contribution in [0.4, 0.5) is 0 Å². The van der Waals surface area contributed by atoms with Crippen molar-refractivity contribution in [2.24, 2.45) is 11.8 Å². The number of hydrogen-bond donors (Lipinski definition) is 2. The van der Waals surface area contributed by atoms with Gasteiger partial charge in [0.15, 0.2) is 0 Å². The SMILES string of the molecule is CCC(CC1CC1)NC(=O)C(C)C(=O)O. The number of hydrogen-bond acceptors (Lipinski definition) is 2. The van der Waals surface area contributed by atoms with Crippen LogP contribution in [0.5, 0.6) is 0 Å². The molecule has 1 rings (SSSR count). The van der Waals surface area contributed by atoms with Crippen LogP contribution in [0, 0.1) is 11.8 Å². The summed E-state index contributed by atoms with van der Waals surface area (Å²) in [5.41, 5.74) is 0. The average Bonchev–Trinajstić information content (AvgIpc) is 2.99. The van der Waals surface area contributed by atoms with E-state index in [1.54, 1.807) is 0 Å². The molecule has 1 aliphatic rings. The molecule has 0 aliphatic heterocycles. The number of rotatable bonds is 6.